The molecule has 0 aliphatic rings. The zero-order valence-electron chi connectivity index (χ0n) is 10.1. The van der Waals surface area contributed by atoms with Crippen LogP contribution in [0, 0.1) is 13.8 Å². The lowest BCUT2D eigenvalue weighted by Crippen LogP contribution is -2.03. The Labute approximate surface area is 108 Å². The van der Waals surface area contributed by atoms with Crippen molar-refractivity contribution in [1.29, 1.82) is 0 Å². The van der Waals surface area contributed by atoms with Crippen LogP contribution in [-0.4, -0.2) is 12.6 Å². The third kappa shape index (κ3) is 1.99. The quantitative estimate of drug-likeness (QED) is 0.870. The molecule has 2 N–H and O–H groups in total. The zero-order chi connectivity index (χ0) is 12.6. The number of hydrogen-bond donors (Lipinski definition) is 1. The van der Waals surface area contributed by atoms with E-state index in [-0.39, 0.29) is 5.97 Å². The normalized spacial score (nSPS) is 11.1. The van der Waals surface area contributed by atoms with Gasteiger partial charge in [-0.2, -0.15) is 0 Å². The van der Waals surface area contributed by atoms with Crippen LogP contribution in [0.1, 0.15) is 32.6 Å². The second-order valence-corrected chi connectivity index (χ2v) is 6.18. The van der Waals surface area contributed by atoms with E-state index in [2.05, 4.69) is 6.92 Å². The number of thiophene rings is 2. The van der Waals surface area contributed by atoms with Gasteiger partial charge in [0.2, 0.25) is 0 Å². The van der Waals surface area contributed by atoms with Crippen molar-refractivity contribution in [1.82, 2.24) is 0 Å². The molecule has 5 heteroatoms. The number of carbonyl (C=O) groups is 1. The Hall–Kier alpha value is -0.910. The van der Waals surface area contributed by atoms with Crippen molar-refractivity contribution in [2.45, 2.75) is 27.3 Å². The van der Waals surface area contributed by atoms with E-state index in [1.807, 2.05) is 13.8 Å². The minimum Gasteiger partial charge on any atom is -0.462 e. The van der Waals surface area contributed by atoms with E-state index in [0.29, 0.717) is 13.2 Å². The lowest BCUT2D eigenvalue weighted by atomic mass is 10.1. The Morgan fingerprint density at radius 1 is 1.29 bits per heavy atom. The third-order valence-electron chi connectivity index (χ3n) is 2.77. The predicted octanol–water partition coefficient (Wildman–Crippen LogP) is 3.22. The number of ether oxygens (including phenoxy) is 1. The molecule has 0 saturated carbocycles. The smallest absolute Gasteiger partial charge is 0.348 e. The van der Waals surface area contributed by atoms with E-state index < -0.39 is 0 Å². The van der Waals surface area contributed by atoms with Gasteiger partial charge in [-0.1, -0.05) is 0 Å². The highest BCUT2D eigenvalue weighted by molar-refractivity contribution is 7.39. The Kier molecular flexibility index (Phi) is 3.51. The summed E-state index contributed by atoms with van der Waals surface area (Å²) in [5, 5.41) is 1.18. The van der Waals surface area contributed by atoms with E-state index in [1.165, 1.54) is 31.2 Å². The van der Waals surface area contributed by atoms with Crippen LogP contribution in [0.25, 0.3) is 9.40 Å². The van der Waals surface area contributed by atoms with Crippen LogP contribution in [0.2, 0.25) is 0 Å². The van der Waals surface area contributed by atoms with Gasteiger partial charge in [-0.25, -0.2) is 4.79 Å². The van der Waals surface area contributed by atoms with Gasteiger partial charge < -0.3 is 10.5 Å². The van der Waals surface area contributed by atoms with Gasteiger partial charge in [0.1, 0.15) is 4.88 Å². The molecular weight excluding hydrogens is 254 g/mol. The molecule has 0 saturated heterocycles. The largest absolute Gasteiger partial charge is 0.462 e. The first-order valence-electron chi connectivity index (χ1n) is 5.48. The van der Waals surface area contributed by atoms with Crippen molar-refractivity contribution < 1.29 is 9.53 Å². The van der Waals surface area contributed by atoms with Gasteiger partial charge >= 0.3 is 5.97 Å². The van der Waals surface area contributed by atoms with Crippen LogP contribution < -0.4 is 5.73 Å². The third-order valence-corrected chi connectivity index (χ3v) is 5.45. The molecule has 0 amide bonds. The van der Waals surface area contributed by atoms with E-state index in [0.717, 1.165) is 10.4 Å². The molecule has 0 aliphatic heterocycles. The molecule has 92 valence electrons. The Bertz CT molecular complexity index is 569. The summed E-state index contributed by atoms with van der Waals surface area (Å²) in [5.41, 5.74) is 7.92. The fraction of sp³-hybridized carbons (Fsp3) is 0.417. The summed E-state index contributed by atoms with van der Waals surface area (Å²) in [6, 6.07) is 0. The van der Waals surface area contributed by atoms with Crippen molar-refractivity contribution in [2.24, 2.45) is 5.73 Å². The van der Waals surface area contributed by atoms with Crippen molar-refractivity contribution in [3.05, 3.63) is 20.9 Å². The first-order chi connectivity index (χ1) is 8.10. The predicted molar refractivity (Wildman–Crippen MR) is 73.0 cm³/mol. The highest BCUT2D eigenvalue weighted by atomic mass is 32.2. The summed E-state index contributed by atoms with van der Waals surface area (Å²) in [4.78, 5) is 13.7. The molecule has 2 heterocycles. The highest BCUT2D eigenvalue weighted by Crippen LogP contribution is 2.40. The molecule has 0 radical (unpaired) electrons. The molecule has 2 rings (SSSR count). The van der Waals surface area contributed by atoms with Crippen LogP contribution in [0.3, 0.4) is 0 Å². The second-order valence-electron chi connectivity index (χ2n) is 3.79. The maximum absolute atomic E-state index is 11.8. The summed E-state index contributed by atoms with van der Waals surface area (Å²) in [6.07, 6.45) is 0. The number of nitrogens with two attached hydrogens (primary N) is 1. The fourth-order valence-corrected chi connectivity index (χ4v) is 4.59. The molecule has 0 unspecified atom stereocenters. The molecule has 0 fully saturated rings. The van der Waals surface area contributed by atoms with Gasteiger partial charge in [0.05, 0.1) is 10.6 Å². The summed E-state index contributed by atoms with van der Waals surface area (Å²) >= 11 is 3.19. The number of aryl methyl sites for hydroxylation is 2. The summed E-state index contributed by atoms with van der Waals surface area (Å²) in [6.45, 7) is 6.84. The fourth-order valence-electron chi connectivity index (χ4n) is 1.91. The number of carbonyl (C=O) groups excluding carboxylic acids is 1. The molecule has 3 nitrogen and oxygen atoms in total. The zero-order valence-corrected chi connectivity index (χ0v) is 11.8. The van der Waals surface area contributed by atoms with Gasteiger partial charge in [-0.3, -0.25) is 0 Å². The van der Waals surface area contributed by atoms with Gasteiger partial charge in [-0.05, 0) is 31.9 Å². The standard InChI is InChI=1S/C12H15NO2S2/c1-4-15-11(14)10-7(3)9-6(2)8(5-13)16-12(9)17-10/h4-5,13H2,1-3H3. The van der Waals surface area contributed by atoms with Crippen LogP contribution in [-0.2, 0) is 11.3 Å². The van der Waals surface area contributed by atoms with Crippen LogP contribution >= 0.6 is 22.7 Å². The topological polar surface area (TPSA) is 52.3 Å². The van der Waals surface area contributed by atoms with Gasteiger partial charge in [0.25, 0.3) is 0 Å². The first-order valence-corrected chi connectivity index (χ1v) is 7.12. The van der Waals surface area contributed by atoms with Crippen molar-refractivity contribution in [3.8, 4) is 0 Å². The van der Waals surface area contributed by atoms with Gasteiger partial charge in [0.15, 0.2) is 0 Å². The van der Waals surface area contributed by atoms with Crippen molar-refractivity contribution in [2.75, 3.05) is 6.61 Å². The molecule has 0 atom stereocenters. The SMILES string of the molecule is CCOC(=O)c1sc2sc(CN)c(C)c2c1C. The first kappa shape index (κ1) is 12.5. The summed E-state index contributed by atoms with van der Waals surface area (Å²) in [5.74, 6) is -0.216. The van der Waals surface area contributed by atoms with E-state index in [1.54, 1.807) is 11.3 Å². The van der Waals surface area contributed by atoms with E-state index in [9.17, 15) is 4.79 Å². The number of hydrogen-bond acceptors (Lipinski definition) is 5. The minimum atomic E-state index is -0.216. The van der Waals surface area contributed by atoms with Crippen molar-refractivity contribution >= 4 is 38.0 Å². The molecule has 0 aromatic carbocycles. The van der Waals surface area contributed by atoms with E-state index >= 15 is 0 Å². The lowest BCUT2D eigenvalue weighted by molar-refractivity contribution is 0.0531. The lowest BCUT2D eigenvalue weighted by Gasteiger charge is -2.00. The van der Waals surface area contributed by atoms with E-state index in [4.69, 9.17) is 10.5 Å². The second kappa shape index (κ2) is 4.76. The molecule has 17 heavy (non-hydrogen) atoms. The van der Waals surface area contributed by atoms with Gasteiger partial charge in [-0.15, -0.1) is 22.7 Å². The van der Waals surface area contributed by atoms with Crippen LogP contribution in [0.5, 0.6) is 0 Å². The molecular formula is C12H15NO2S2. The molecule has 2 aromatic heterocycles. The van der Waals surface area contributed by atoms with Crippen molar-refractivity contribution in [3.63, 3.8) is 0 Å². The van der Waals surface area contributed by atoms with Crippen LogP contribution in [0.4, 0.5) is 0 Å². The molecule has 2 aromatic rings. The maximum Gasteiger partial charge on any atom is 0.348 e. The number of esters is 1. The Balaban J connectivity index is 2.55. The number of fused-ring (bicyclic) bond motifs is 1. The average molecular weight is 269 g/mol. The minimum absolute atomic E-state index is 0.216. The Morgan fingerprint density at radius 3 is 2.53 bits per heavy atom. The summed E-state index contributed by atoms with van der Waals surface area (Å²) in [7, 11) is 0. The highest BCUT2D eigenvalue weighted by Gasteiger charge is 2.20. The Morgan fingerprint density at radius 2 is 2.00 bits per heavy atom. The number of rotatable bonds is 3. The average Bonchev–Trinajstić information content (AvgIpc) is 2.78. The molecule has 0 bridgehead atoms. The monoisotopic (exact) mass is 269 g/mol. The molecule has 0 spiro atoms. The summed E-state index contributed by atoms with van der Waals surface area (Å²) < 4.78 is 6.23. The van der Waals surface area contributed by atoms with Gasteiger partial charge in [0, 0.05) is 16.8 Å². The van der Waals surface area contributed by atoms with Crippen LogP contribution in [0.15, 0.2) is 0 Å². The maximum atomic E-state index is 11.8. The molecule has 0 aliphatic carbocycles.